The van der Waals surface area contributed by atoms with Gasteiger partial charge in [0.2, 0.25) is 5.91 Å². The zero-order valence-corrected chi connectivity index (χ0v) is 36.1. The van der Waals surface area contributed by atoms with Crippen LogP contribution in [-0.4, -0.2) is 64.9 Å². The lowest BCUT2D eigenvalue weighted by Crippen LogP contribution is -2.53. The van der Waals surface area contributed by atoms with Crippen molar-refractivity contribution < 1.29 is 38.8 Å². The SMILES string of the molecule is COc1ccccc1CC(NC(=O)CCCOc1ccc2c(c1)C1(CCC(Nc3cccc(Cl)c3)(C(=O)O)CC1)[C@@H](C[C@@H](C)COc1ccnc3c1[C@H](C)CCC3)C2)C(=O)O. The molecule has 0 bridgehead atoms. The van der Waals surface area contributed by atoms with E-state index < -0.39 is 23.5 Å². The number of amides is 1. The third kappa shape index (κ3) is 9.93. The summed E-state index contributed by atoms with van der Waals surface area (Å²) in [5.41, 5.74) is 4.83. The van der Waals surface area contributed by atoms with Crippen molar-refractivity contribution in [2.45, 2.75) is 114 Å². The van der Waals surface area contributed by atoms with Gasteiger partial charge in [-0.2, -0.15) is 0 Å². The van der Waals surface area contributed by atoms with Crippen LogP contribution < -0.4 is 24.8 Å². The molecule has 4 atom stereocenters. The predicted molar refractivity (Wildman–Crippen MR) is 235 cm³/mol. The summed E-state index contributed by atoms with van der Waals surface area (Å²) in [5.74, 6) is 0.775. The minimum absolute atomic E-state index is 0.0985. The van der Waals surface area contributed by atoms with Crippen LogP contribution in [0.15, 0.2) is 79.0 Å². The molecule has 7 rings (SSSR count). The van der Waals surface area contributed by atoms with Crippen molar-refractivity contribution in [2.24, 2.45) is 11.8 Å². The Hall–Kier alpha value is -5.29. The molecule has 3 aliphatic carbocycles. The number of carboxylic acid groups (broad SMARTS) is 2. The number of carbonyl (C=O) groups excluding carboxylic acids is 1. The van der Waals surface area contributed by atoms with Crippen LogP contribution in [-0.2, 0) is 39.1 Å². The molecule has 1 amide bonds. The van der Waals surface area contributed by atoms with Crippen LogP contribution in [0.25, 0.3) is 0 Å². The van der Waals surface area contributed by atoms with Gasteiger partial charge in [0, 0.05) is 41.0 Å². The second-order valence-corrected chi connectivity index (χ2v) is 17.9. The molecule has 0 radical (unpaired) electrons. The van der Waals surface area contributed by atoms with Gasteiger partial charge < -0.3 is 35.1 Å². The van der Waals surface area contributed by atoms with Gasteiger partial charge in [-0.1, -0.05) is 55.8 Å². The van der Waals surface area contributed by atoms with E-state index in [4.69, 9.17) is 25.8 Å². The van der Waals surface area contributed by atoms with E-state index in [2.05, 4.69) is 41.6 Å². The summed E-state index contributed by atoms with van der Waals surface area (Å²) in [4.78, 5) is 42.7. The monoisotopic (exact) mass is 851 g/mol. The lowest BCUT2D eigenvalue weighted by Gasteiger charge is -2.47. The van der Waals surface area contributed by atoms with Gasteiger partial charge in [0.15, 0.2) is 0 Å². The Morgan fingerprint density at radius 2 is 1.77 bits per heavy atom. The lowest BCUT2D eigenvalue weighted by molar-refractivity contribution is -0.144. The molecule has 3 aromatic carbocycles. The highest BCUT2D eigenvalue weighted by atomic mass is 35.5. The number of rotatable bonds is 18. The molecule has 1 aromatic heterocycles. The van der Waals surface area contributed by atoms with Crippen LogP contribution in [0.1, 0.15) is 106 Å². The number of anilines is 1. The van der Waals surface area contributed by atoms with Crippen LogP contribution in [0.4, 0.5) is 5.69 Å². The van der Waals surface area contributed by atoms with Crippen molar-refractivity contribution in [1.82, 2.24) is 10.3 Å². The highest BCUT2D eigenvalue weighted by Gasteiger charge is 2.54. The summed E-state index contributed by atoms with van der Waals surface area (Å²) in [6.07, 6.45) is 9.75. The van der Waals surface area contributed by atoms with Crippen LogP contribution in [0, 0.1) is 11.8 Å². The van der Waals surface area contributed by atoms with E-state index in [1.165, 1.54) is 23.8 Å². The van der Waals surface area contributed by atoms with Crippen molar-refractivity contribution in [3.05, 3.63) is 112 Å². The zero-order valence-electron chi connectivity index (χ0n) is 35.4. The number of nitrogens with one attached hydrogen (secondary N) is 2. The first-order chi connectivity index (χ1) is 29.4. The maximum absolute atomic E-state index is 13.1. The number of methoxy groups -OCH3 is 1. The van der Waals surface area contributed by atoms with Gasteiger partial charge in [0.1, 0.15) is 28.8 Å². The Morgan fingerprint density at radius 3 is 2.52 bits per heavy atom. The Labute approximate surface area is 363 Å². The molecule has 1 unspecified atom stereocenters. The minimum Gasteiger partial charge on any atom is -0.496 e. The predicted octanol–water partition coefficient (Wildman–Crippen LogP) is 9.18. The van der Waals surface area contributed by atoms with Gasteiger partial charge in [0.05, 0.1) is 20.3 Å². The number of para-hydroxylation sites is 1. The van der Waals surface area contributed by atoms with Crippen LogP contribution in [0.2, 0.25) is 5.02 Å². The largest absolute Gasteiger partial charge is 0.496 e. The summed E-state index contributed by atoms with van der Waals surface area (Å²) in [5, 5.41) is 27.1. The lowest BCUT2D eigenvalue weighted by atomic mass is 9.59. The molecular weight excluding hydrogens is 794 g/mol. The highest BCUT2D eigenvalue weighted by Crippen LogP contribution is 2.57. The molecule has 324 valence electrons. The number of aliphatic carboxylic acids is 2. The van der Waals surface area contributed by atoms with E-state index in [1.807, 2.05) is 36.5 Å². The first-order valence-electron chi connectivity index (χ1n) is 21.7. The number of ether oxygens (including phenoxy) is 3. The van der Waals surface area contributed by atoms with Crippen LogP contribution >= 0.6 is 11.6 Å². The maximum atomic E-state index is 13.1. The average Bonchev–Trinajstić information content (AvgIpc) is 3.53. The number of aromatic nitrogens is 1. The van der Waals surface area contributed by atoms with Crippen LogP contribution in [0.5, 0.6) is 17.2 Å². The Morgan fingerprint density at radius 1 is 0.967 bits per heavy atom. The normalized spacial score (nSPS) is 22.6. The fraction of sp³-hybridized carbons (Fsp3) is 0.469. The minimum atomic E-state index is -1.14. The molecule has 4 N–H and O–H groups in total. The number of carboxylic acids is 2. The number of pyridine rings is 1. The zero-order chi connectivity index (χ0) is 43.1. The Balaban J connectivity index is 1.04. The molecule has 0 aliphatic heterocycles. The standard InChI is InChI=1S/C49H58ClN3O8/c1-31(30-61-43-18-23-51-40-13-6-9-32(2)45(40)43)25-35-26-33-16-17-38(60-24-8-15-44(54)52-41(46(55)56)27-34-10-4-5-14-42(34)59-3)29-39(33)48(35)19-21-49(22-20-48,47(57)58)53-37-12-7-11-36(50)28-37/h4-5,7,10-12,14,16-18,23,28-29,31-32,35,41,53H,6,8-9,13,15,19-22,24-27,30H2,1-3H3,(H,52,54)(H,55,56)(H,57,58)/t31-,32-,35+,41?,48?,49?/m1/s1. The van der Waals surface area contributed by atoms with Gasteiger partial charge in [-0.3, -0.25) is 9.78 Å². The second-order valence-electron chi connectivity index (χ2n) is 17.4. The fourth-order valence-corrected chi connectivity index (χ4v) is 10.3. The number of aryl methyl sites for hydroxylation is 1. The van der Waals surface area contributed by atoms with Gasteiger partial charge in [0.25, 0.3) is 0 Å². The quantitative estimate of drug-likeness (QED) is 0.0712. The van der Waals surface area contributed by atoms with Crippen molar-refractivity contribution in [1.29, 1.82) is 0 Å². The summed E-state index contributed by atoms with van der Waals surface area (Å²) in [7, 11) is 1.53. The van der Waals surface area contributed by atoms with Gasteiger partial charge in [-0.25, -0.2) is 9.59 Å². The third-order valence-electron chi connectivity index (χ3n) is 13.3. The Bertz CT molecular complexity index is 2200. The molecule has 11 nitrogen and oxygen atoms in total. The fourth-order valence-electron chi connectivity index (χ4n) is 10.1. The summed E-state index contributed by atoms with van der Waals surface area (Å²) >= 11 is 6.30. The molecule has 61 heavy (non-hydrogen) atoms. The number of carbonyl (C=O) groups is 3. The molecular formula is C49H58ClN3O8. The molecule has 12 heteroatoms. The molecule has 3 aliphatic rings. The smallest absolute Gasteiger partial charge is 0.329 e. The first kappa shape index (κ1) is 43.8. The Kier molecular flexibility index (Phi) is 13.8. The first-order valence-corrected chi connectivity index (χ1v) is 22.1. The van der Waals surface area contributed by atoms with Gasteiger partial charge in [-0.15, -0.1) is 0 Å². The summed E-state index contributed by atoms with van der Waals surface area (Å²) in [6.45, 7) is 5.36. The van der Waals surface area contributed by atoms with E-state index >= 15 is 0 Å². The van der Waals surface area contributed by atoms with E-state index in [9.17, 15) is 24.6 Å². The number of hydrogen-bond acceptors (Lipinski definition) is 8. The molecule has 1 spiro atoms. The molecule has 0 saturated heterocycles. The number of hydrogen-bond donors (Lipinski definition) is 4. The van der Waals surface area contributed by atoms with Gasteiger partial charge in [-0.05, 0) is 147 Å². The van der Waals surface area contributed by atoms with Crippen molar-refractivity contribution in [2.75, 3.05) is 25.6 Å². The topological polar surface area (TPSA) is 156 Å². The number of nitrogens with zero attached hydrogens (tertiary/aromatic N) is 1. The second kappa shape index (κ2) is 19.2. The molecule has 4 aromatic rings. The van der Waals surface area contributed by atoms with Crippen molar-refractivity contribution in [3.8, 4) is 17.2 Å². The average molecular weight is 852 g/mol. The van der Waals surface area contributed by atoms with Gasteiger partial charge >= 0.3 is 11.9 Å². The number of benzene rings is 3. The third-order valence-corrected chi connectivity index (χ3v) is 13.6. The van der Waals surface area contributed by atoms with Crippen molar-refractivity contribution in [3.63, 3.8) is 0 Å². The summed E-state index contributed by atoms with van der Waals surface area (Å²) in [6, 6.07) is 21.6. The molecule has 1 saturated carbocycles. The van der Waals surface area contributed by atoms with E-state index in [0.29, 0.717) is 72.4 Å². The molecule has 1 fully saturated rings. The number of fused-ring (bicyclic) bond motifs is 3. The number of halogens is 1. The van der Waals surface area contributed by atoms with E-state index in [1.54, 1.807) is 30.3 Å². The summed E-state index contributed by atoms with van der Waals surface area (Å²) < 4.78 is 18.2. The van der Waals surface area contributed by atoms with Crippen LogP contribution in [0.3, 0.4) is 0 Å². The highest BCUT2D eigenvalue weighted by molar-refractivity contribution is 6.30. The van der Waals surface area contributed by atoms with E-state index in [0.717, 1.165) is 43.5 Å². The molecule has 1 heterocycles. The van der Waals surface area contributed by atoms with Crippen molar-refractivity contribution >= 4 is 35.1 Å². The van der Waals surface area contributed by atoms with E-state index in [-0.39, 0.29) is 42.6 Å². The maximum Gasteiger partial charge on any atom is 0.329 e.